The molecular weight excluding hydrogens is 284 g/mol. The van der Waals surface area contributed by atoms with Gasteiger partial charge in [0.2, 0.25) is 5.91 Å². The number of nitrogens with zero attached hydrogens (tertiary/aromatic N) is 4. The van der Waals surface area contributed by atoms with Gasteiger partial charge in [0.1, 0.15) is 11.0 Å². The molecule has 7 nitrogen and oxygen atoms in total. The highest BCUT2D eigenvalue weighted by Gasteiger charge is 2.36. The number of fused-ring (bicyclic) bond motifs is 1. The third-order valence-corrected chi connectivity index (χ3v) is 3.99. The molecule has 0 radical (unpaired) electrons. The lowest BCUT2D eigenvalue weighted by atomic mass is 10.1. The lowest BCUT2D eigenvalue weighted by Gasteiger charge is -2.38. The van der Waals surface area contributed by atoms with Crippen LogP contribution >= 0.6 is 11.6 Å². The molecule has 0 aliphatic carbocycles. The molecule has 0 saturated carbocycles. The minimum atomic E-state index is -0.480. The second-order valence-corrected chi connectivity index (χ2v) is 5.38. The molecule has 8 heteroatoms. The highest BCUT2D eigenvalue weighted by atomic mass is 35.5. The Labute approximate surface area is 120 Å². The molecule has 0 aromatic carbocycles. The summed E-state index contributed by atoms with van der Waals surface area (Å²) < 4.78 is 0. The first-order valence-corrected chi connectivity index (χ1v) is 6.79. The number of rotatable bonds is 2. The summed E-state index contributed by atoms with van der Waals surface area (Å²) >= 11 is 5.84. The Morgan fingerprint density at radius 2 is 2.20 bits per heavy atom. The van der Waals surface area contributed by atoms with Gasteiger partial charge in [-0.05, 0) is 6.42 Å². The van der Waals surface area contributed by atoms with Crippen LogP contribution in [0, 0.1) is 10.1 Å². The van der Waals surface area contributed by atoms with Crippen LogP contribution in [0.4, 0.5) is 11.5 Å². The third kappa shape index (κ3) is 2.29. The van der Waals surface area contributed by atoms with E-state index in [2.05, 4.69) is 4.98 Å². The number of piperazine rings is 1. The van der Waals surface area contributed by atoms with Crippen LogP contribution in [0.2, 0.25) is 5.15 Å². The van der Waals surface area contributed by atoms with E-state index in [1.807, 2.05) is 9.80 Å². The van der Waals surface area contributed by atoms with E-state index >= 15 is 0 Å². The number of aromatic nitrogens is 1. The maximum Gasteiger partial charge on any atom is 0.276 e. The molecule has 3 rings (SSSR count). The van der Waals surface area contributed by atoms with Crippen molar-refractivity contribution in [2.24, 2.45) is 0 Å². The van der Waals surface area contributed by atoms with Gasteiger partial charge < -0.3 is 9.80 Å². The molecule has 1 unspecified atom stereocenters. The van der Waals surface area contributed by atoms with E-state index in [1.165, 1.54) is 12.1 Å². The van der Waals surface area contributed by atoms with Gasteiger partial charge in [-0.15, -0.1) is 0 Å². The van der Waals surface area contributed by atoms with Gasteiger partial charge in [-0.2, -0.15) is 0 Å². The van der Waals surface area contributed by atoms with Gasteiger partial charge in [0.05, 0.1) is 17.1 Å². The zero-order chi connectivity index (χ0) is 14.3. The number of hydrogen-bond acceptors (Lipinski definition) is 5. The fraction of sp³-hybridized carbons (Fsp3) is 0.500. The van der Waals surface area contributed by atoms with Crippen LogP contribution in [0.3, 0.4) is 0 Å². The largest absolute Gasteiger partial charge is 0.353 e. The first-order valence-electron chi connectivity index (χ1n) is 6.41. The molecule has 1 atom stereocenters. The summed E-state index contributed by atoms with van der Waals surface area (Å²) in [6.07, 6.45) is 1.42. The van der Waals surface area contributed by atoms with Crippen LogP contribution in [-0.4, -0.2) is 46.4 Å². The van der Waals surface area contributed by atoms with Crippen molar-refractivity contribution in [2.75, 3.05) is 24.5 Å². The topological polar surface area (TPSA) is 79.6 Å². The number of pyridine rings is 1. The Balaban J connectivity index is 1.83. The molecule has 0 spiro atoms. The fourth-order valence-electron chi connectivity index (χ4n) is 2.81. The summed E-state index contributed by atoms with van der Waals surface area (Å²) in [5.41, 5.74) is -0.0649. The number of nitro groups is 1. The molecule has 2 saturated heterocycles. The number of hydrogen-bond donors (Lipinski definition) is 0. The zero-order valence-electron chi connectivity index (χ0n) is 10.7. The monoisotopic (exact) mass is 296 g/mol. The van der Waals surface area contributed by atoms with Crippen LogP contribution in [0.15, 0.2) is 12.1 Å². The third-order valence-electron chi connectivity index (χ3n) is 3.79. The molecule has 20 heavy (non-hydrogen) atoms. The van der Waals surface area contributed by atoms with Gasteiger partial charge in [0.15, 0.2) is 0 Å². The normalized spacial score (nSPS) is 22.1. The number of carbonyl (C=O) groups excluding carboxylic acids is 1. The second-order valence-electron chi connectivity index (χ2n) is 4.99. The Hall–Kier alpha value is -1.89. The van der Waals surface area contributed by atoms with Gasteiger partial charge in [-0.25, -0.2) is 4.98 Å². The zero-order valence-corrected chi connectivity index (χ0v) is 11.4. The van der Waals surface area contributed by atoms with Crippen molar-refractivity contribution in [1.29, 1.82) is 0 Å². The summed E-state index contributed by atoms with van der Waals surface area (Å²) in [6.45, 7) is 1.90. The first-order chi connectivity index (χ1) is 9.54. The lowest BCUT2D eigenvalue weighted by Crippen LogP contribution is -2.51. The summed E-state index contributed by atoms with van der Waals surface area (Å²) in [7, 11) is 0. The average Bonchev–Trinajstić information content (AvgIpc) is 2.79. The molecule has 2 fully saturated rings. The van der Waals surface area contributed by atoms with Crippen LogP contribution < -0.4 is 4.90 Å². The van der Waals surface area contributed by atoms with E-state index in [0.717, 1.165) is 6.42 Å². The number of anilines is 1. The maximum atomic E-state index is 11.6. The highest BCUT2D eigenvalue weighted by molar-refractivity contribution is 6.29. The minimum absolute atomic E-state index is 0.0649. The summed E-state index contributed by atoms with van der Waals surface area (Å²) in [5.74, 6) is 0.697. The molecule has 2 aliphatic rings. The highest BCUT2D eigenvalue weighted by Crippen LogP contribution is 2.28. The van der Waals surface area contributed by atoms with Crippen molar-refractivity contribution in [2.45, 2.75) is 18.9 Å². The molecule has 2 aliphatic heterocycles. The van der Waals surface area contributed by atoms with Crippen molar-refractivity contribution in [3.63, 3.8) is 0 Å². The Morgan fingerprint density at radius 3 is 2.95 bits per heavy atom. The van der Waals surface area contributed by atoms with Gasteiger partial charge in [-0.1, -0.05) is 11.6 Å². The second kappa shape index (κ2) is 4.90. The molecule has 1 aromatic heterocycles. The van der Waals surface area contributed by atoms with E-state index in [4.69, 9.17) is 11.6 Å². The molecule has 1 aromatic rings. The van der Waals surface area contributed by atoms with Crippen LogP contribution in [-0.2, 0) is 4.79 Å². The van der Waals surface area contributed by atoms with E-state index in [-0.39, 0.29) is 22.8 Å². The Morgan fingerprint density at radius 1 is 1.40 bits per heavy atom. The maximum absolute atomic E-state index is 11.6. The van der Waals surface area contributed by atoms with E-state index in [0.29, 0.717) is 31.9 Å². The van der Waals surface area contributed by atoms with Gasteiger partial charge in [0, 0.05) is 32.1 Å². The van der Waals surface area contributed by atoms with Crippen LogP contribution in [0.5, 0.6) is 0 Å². The lowest BCUT2D eigenvalue weighted by molar-refractivity contribution is -0.384. The summed E-state index contributed by atoms with van der Waals surface area (Å²) in [4.78, 5) is 30.0. The molecule has 0 N–H and O–H groups in total. The smallest absolute Gasteiger partial charge is 0.276 e. The summed E-state index contributed by atoms with van der Waals surface area (Å²) in [5, 5.41) is 11.0. The quantitative estimate of drug-likeness (QED) is 0.469. The molecular formula is C12H13ClN4O3. The molecule has 106 valence electrons. The fourth-order valence-corrected chi connectivity index (χ4v) is 3.01. The van der Waals surface area contributed by atoms with Crippen molar-refractivity contribution in [3.05, 3.63) is 27.4 Å². The average molecular weight is 297 g/mol. The van der Waals surface area contributed by atoms with E-state index in [9.17, 15) is 14.9 Å². The SMILES string of the molecule is O=C1CCC2CN(c3cc([N+](=O)[O-])cc(Cl)n3)CCN12. The van der Waals surface area contributed by atoms with E-state index < -0.39 is 4.92 Å². The van der Waals surface area contributed by atoms with E-state index in [1.54, 1.807) is 0 Å². The van der Waals surface area contributed by atoms with Gasteiger partial charge in [-0.3, -0.25) is 14.9 Å². The van der Waals surface area contributed by atoms with Crippen LogP contribution in [0.1, 0.15) is 12.8 Å². The van der Waals surface area contributed by atoms with Crippen molar-refractivity contribution in [1.82, 2.24) is 9.88 Å². The van der Waals surface area contributed by atoms with Crippen molar-refractivity contribution < 1.29 is 9.72 Å². The molecule has 1 amide bonds. The number of halogens is 1. The van der Waals surface area contributed by atoms with Crippen molar-refractivity contribution >= 4 is 29.0 Å². The first kappa shape index (κ1) is 13.1. The van der Waals surface area contributed by atoms with Crippen molar-refractivity contribution in [3.8, 4) is 0 Å². The molecule has 0 bridgehead atoms. The number of carbonyl (C=O) groups is 1. The Kier molecular flexibility index (Phi) is 3.21. The summed E-state index contributed by atoms with van der Waals surface area (Å²) in [6, 6.07) is 2.84. The Bertz CT molecular complexity index is 580. The van der Waals surface area contributed by atoms with Gasteiger partial charge in [0.25, 0.3) is 5.69 Å². The predicted octanol–water partition coefficient (Wildman–Crippen LogP) is 1.45. The number of amides is 1. The minimum Gasteiger partial charge on any atom is -0.353 e. The predicted molar refractivity (Wildman–Crippen MR) is 72.8 cm³/mol. The van der Waals surface area contributed by atoms with Gasteiger partial charge >= 0.3 is 0 Å². The molecule has 3 heterocycles. The standard InChI is InChI=1S/C12H13ClN4O3/c13-10-5-9(17(19)20)6-11(14-10)15-3-4-16-8(7-15)1-2-12(16)18/h5-6,8H,1-4,7H2. The van der Waals surface area contributed by atoms with Crippen LogP contribution in [0.25, 0.3) is 0 Å².